The lowest BCUT2D eigenvalue weighted by molar-refractivity contribution is -0.137. The zero-order valence-corrected chi connectivity index (χ0v) is 26.4. The van der Waals surface area contributed by atoms with Crippen LogP contribution in [0.25, 0.3) is 5.78 Å². The monoisotopic (exact) mass is 711 g/mol. The van der Waals surface area contributed by atoms with Gasteiger partial charge in [-0.05, 0) is 54.4 Å². The van der Waals surface area contributed by atoms with Gasteiger partial charge in [-0.25, -0.2) is 9.97 Å². The molecule has 0 radical (unpaired) electrons. The van der Waals surface area contributed by atoms with Crippen molar-refractivity contribution < 1.29 is 27.9 Å². The van der Waals surface area contributed by atoms with Gasteiger partial charge in [0.05, 0.1) is 27.7 Å². The van der Waals surface area contributed by atoms with Gasteiger partial charge < -0.3 is 24.8 Å². The molecule has 1 aliphatic rings. The first kappa shape index (κ1) is 32.2. The van der Waals surface area contributed by atoms with Crippen LogP contribution in [0.4, 0.5) is 24.5 Å². The number of rotatable bonds is 6. The molecule has 0 saturated carbocycles. The maximum Gasteiger partial charge on any atom is 0.416 e. The maximum absolute atomic E-state index is 13.8. The van der Waals surface area contributed by atoms with Crippen molar-refractivity contribution in [3.05, 3.63) is 67.3 Å². The van der Waals surface area contributed by atoms with E-state index in [-0.39, 0.29) is 76.3 Å². The number of anilines is 2. The Labute approximate surface area is 266 Å². The number of halogens is 5. The third kappa shape index (κ3) is 6.18. The molecule has 0 unspecified atom stereocenters. The van der Waals surface area contributed by atoms with Crippen molar-refractivity contribution in [1.82, 2.24) is 34.0 Å². The molecule has 1 saturated heterocycles. The van der Waals surface area contributed by atoms with E-state index >= 15 is 0 Å². The van der Waals surface area contributed by atoms with Crippen LogP contribution in [-0.2, 0) is 23.9 Å². The number of carbonyl (C=O) groups is 2. The minimum absolute atomic E-state index is 0.0213. The Balaban J connectivity index is 1.46. The van der Waals surface area contributed by atoms with Gasteiger partial charge in [-0.1, -0.05) is 18.5 Å². The van der Waals surface area contributed by atoms with Gasteiger partial charge in [0, 0.05) is 25.7 Å². The third-order valence-corrected chi connectivity index (χ3v) is 8.07. The number of carbonyl (C=O) groups excluding carboxylic acids is 2. The van der Waals surface area contributed by atoms with Crippen LogP contribution in [0.3, 0.4) is 0 Å². The fourth-order valence-corrected chi connectivity index (χ4v) is 5.79. The molecule has 13 nitrogen and oxygen atoms in total. The topological polar surface area (TPSA) is 151 Å². The molecule has 18 heteroatoms. The number of aromatic nitrogens is 6. The van der Waals surface area contributed by atoms with Crippen LogP contribution >= 0.6 is 27.5 Å². The molecular formula is C27H26BrClF3N9O4. The van der Waals surface area contributed by atoms with Gasteiger partial charge in [0.1, 0.15) is 18.6 Å². The van der Waals surface area contributed by atoms with Gasteiger partial charge in [0.15, 0.2) is 11.4 Å². The zero-order chi connectivity index (χ0) is 32.8. The number of aryl methyl sites for hydroxylation is 1. The van der Waals surface area contributed by atoms with Crippen LogP contribution in [0.2, 0.25) is 5.02 Å². The molecule has 1 aliphatic heterocycles. The van der Waals surface area contributed by atoms with Crippen molar-refractivity contribution in [2.24, 2.45) is 0 Å². The highest BCUT2D eigenvalue weighted by Crippen LogP contribution is 2.34. The Hall–Kier alpha value is -4.25. The van der Waals surface area contributed by atoms with E-state index in [0.29, 0.717) is 12.1 Å². The van der Waals surface area contributed by atoms with Gasteiger partial charge in [-0.3, -0.25) is 14.4 Å². The minimum atomic E-state index is -4.60. The fraction of sp³-hybridized carbons (Fsp3) is 0.370. The number of fused-ring (bicyclic) bond motifs is 1. The van der Waals surface area contributed by atoms with Gasteiger partial charge in [0.2, 0.25) is 16.4 Å². The second-order valence-corrected chi connectivity index (χ2v) is 11.4. The Bertz CT molecular complexity index is 1880. The molecule has 1 aromatic carbocycles. The van der Waals surface area contributed by atoms with Crippen LogP contribution < -0.4 is 15.8 Å². The number of nitrogens with one attached hydrogen (secondary N) is 1. The largest absolute Gasteiger partial charge is 0.504 e. The normalized spacial score (nSPS) is 15.5. The molecule has 2 N–H and O–H groups in total. The number of hydrogen-bond donors (Lipinski definition) is 2. The lowest BCUT2D eigenvalue weighted by atomic mass is 10.1. The summed E-state index contributed by atoms with van der Waals surface area (Å²) < 4.78 is 41.9. The van der Waals surface area contributed by atoms with Gasteiger partial charge >= 0.3 is 6.18 Å². The summed E-state index contributed by atoms with van der Waals surface area (Å²) in [6, 6.07) is 2.21. The van der Waals surface area contributed by atoms with Crippen molar-refractivity contribution in [2.45, 2.75) is 46.0 Å². The summed E-state index contributed by atoms with van der Waals surface area (Å²) >= 11 is 9.23. The second-order valence-electron chi connectivity index (χ2n) is 10.3. The zero-order valence-electron chi connectivity index (χ0n) is 24.1. The number of alkyl halides is 3. The highest BCUT2D eigenvalue weighted by molar-refractivity contribution is 9.10. The van der Waals surface area contributed by atoms with Crippen LogP contribution in [0.15, 0.2) is 34.1 Å². The lowest BCUT2D eigenvalue weighted by Crippen LogP contribution is -2.55. The fourth-order valence-electron chi connectivity index (χ4n) is 5.25. The summed E-state index contributed by atoms with van der Waals surface area (Å²) in [7, 11) is 0. The van der Waals surface area contributed by atoms with Crippen LogP contribution in [-0.4, -0.2) is 76.6 Å². The minimum Gasteiger partial charge on any atom is -0.504 e. The highest BCUT2D eigenvalue weighted by atomic mass is 79.9. The summed E-state index contributed by atoms with van der Waals surface area (Å²) in [4.78, 5) is 55.7. The third-order valence-electron chi connectivity index (χ3n) is 7.42. The van der Waals surface area contributed by atoms with E-state index in [1.54, 1.807) is 13.8 Å². The van der Waals surface area contributed by atoms with Crippen molar-refractivity contribution in [1.29, 1.82) is 0 Å². The molecule has 238 valence electrons. The Morgan fingerprint density at radius 3 is 2.60 bits per heavy atom. The Kier molecular flexibility index (Phi) is 8.77. The molecule has 1 atom stereocenters. The molecular weight excluding hydrogens is 687 g/mol. The summed E-state index contributed by atoms with van der Waals surface area (Å²) in [5.41, 5.74) is -0.610. The van der Waals surface area contributed by atoms with E-state index in [1.165, 1.54) is 15.8 Å². The average molecular weight is 713 g/mol. The van der Waals surface area contributed by atoms with Gasteiger partial charge in [-0.2, -0.15) is 22.7 Å². The first-order valence-electron chi connectivity index (χ1n) is 13.6. The molecule has 0 bridgehead atoms. The molecule has 5 rings (SSSR count). The predicted octanol–water partition coefficient (Wildman–Crippen LogP) is 3.68. The molecule has 1 fully saturated rings. The Morgan fingerprint density at radius 1 is 1.22 bits per heavy atom. The summed E-state index contributed by atoms with van der Waals surface area (Å²) in [6.07, 6.45) is -3.11. The van der Waals surface area contributed by atoms with E-state index in [4.69, 9.17) is 11.6 Å². The van der Waals surface area contributed by atoms with E-state index in [1.807, 2.05) is 11.8 Å². The lowest BCUT2D eigenvalue weighted by Gasteiger charge is -2.41. The average Bonchev–Trinajstić information content (AvgIpc) is 3.38. The molecule has 4 heterocycles. The van der Waals surface area contributed by atoms with Crippen molar-refractivity contribution >= 4 is 56.5 Å². The number of benzene rings is 1. The van der Waals surface area contributed by atoms with E-state index in [2.05, 4.69) is 41.3 Å². The smallest absolute Gasteiger partial charge is 0.416 e. The number of piperazine rings is 1. The highest BCUT2D eigenvalue weighted by Gasteiger charge is 2.34. The standard InChI is InChI=1S/C27H26BrClF3N9O4/c1-4-18-21(39-8-7-38(10-13(39)2)23(44)20-22(43)14(3)33-12-34-20)24(45)41-26(36-25(28)37-41)40(18)11-19(42)35-17-6-5-15(9-16(17)29)27(30,31)32/h5-6,9,12-13,43H,4,7-8,10-11H2,1-3H3,(H,35,42)/t13-/m0/s1. The summed E-state index contributed by atoms with van der Waals surface area (Å²) in [5, 5.41) is 16.7. The first-order valence-corrected chi connectivity index (χ1v) is 14.8. The molecule has 4 aromatic rings. The molecule has 0 aliphatic carbocycles. The van der Waals surface area contributed by atoms with E-state index in [9.17, 15) is 32.7 Å². The molecule has 2 amide bonds. The molecule has 0 spiro atoms. The first-order chi connectivity index (χ1) is 21.2. The number of amides is 2. The van der Waals surface area contributed by atoms with Crippen molar-refractivity contribution in [3.8, 4) is 5.75 Å². The number of aromatic hydroxyl groups is 1. The summed E-state index contributed by atoms with van der Waals surface area (Å²) in [6.45, 7) is 5.43. The Morgan fingerprint density at radius 2 is 1.96 bits per heavy atom. The SMILES string of the molecule is CCc1c(N2CCN(C(=O)c3ncnc(C)c3O)C[C@@H]2C)c(=O)n2nc(Br)nc2n1CC(=O)Nc1ccc(C(F)(F)F)cc1Cl. The van der Waals surface area contributed by atoms with Crippen molar-refractivity contribution in [3.63, 3.8) is 0 Å². The number of nitrogens with zero attached hydrogens (tertiary/aromatic N) is 8. The van der Waals surface area contributed by atoms with E-state index in [0.717, 1.165) is 22.7 Å². The molecule has 3 aromatic heterocycles. The van der Waals surface area contributed by atoms with Gasteiger partial charge in [0.25, 0.3) is 11.5 Å². The quantitative estimate of drug-likeness (QED) is 0.305. The second kappa shape index (κ2) is 12.3. The number of hydrogen-bond acceptors (Lipinski definition) is 9. The van der Waals surface area contributed by atoms with Crippen LogP contribution in [0.5, 0.6) is 5.75 Å². The molecule has 45 heavy (non-hydrogen) atoms. The van der Waals surface area contributed by atoms with E-state index < -0.39 is 29.1 Å². The van der Waals surface area contributed by atoms with Gasteiger partial charge in [-0.15, -0.1) is 5.10 Å². The van der Waals surface area contributed by atoms with Crippen molar-refractivity contribution in [2.75, 3.05) is 29.9 Å². The predicted molar refractivity (Wildman–Crippen MR) is 161 cm³/mol. The maximum atomic E-state index is 13.8. The van der Waals surface area contributed by atoms with Crippen LogP contribution in [0.1, 0.15) is 41.3 Å². The van der Waals surface area contributed by atoms with Crippen LogP contribution in [0, 0.1) is 6.92 Å². The summed E-state index contributed by atoms with van der Waals surface area (Å²) in [5.74, 6) is -1.35.